The van der Waals surface area contributed by atoms with Crippen LogP contribution in [0.2, 0.25) is 5.02 Å². The molecule has 0 saturated carbocycles. The predicted octanol–water partition coefficient (Wildman–Crippen LogP) is 2.78. The fourth-order valence-electron chi connectivity index (χ4n) is 3.27. The molecule has 0 unspecified atom stereocenters. The number of aromatic nitrogens is 2. The van der Waals surface area contributed by atoms with Gasteiger partial charge in [-0.3, -0.25) is 4.68 Å². The third-order valence-corrected chi connectivity index (χ3v) is 6.98. The van der Waals surface area contributed by atoms with Crippen LogP contribution in [0.15, 0.2) is 35.4 Å². The molecule has 2 heterocycles. The van der Waals surface area contributed by atoms with Gasteiger partial charge in [0.05, 0.1) is 29.4 Å². The monoisotopic (exact) mass is 397 g/mol. The smallest absolute Gasteiger partial charge is 0.337 e. The zero-order chi connectivity index (χ0) is 18.9. The molecule has 0 amide bonds. The fourth-order valence-corrected chi connectivity index (χ4v) is 5.44. The maximum atomic E-state index is 13.3. The molecular weight excluding hydrogens is 378 g/mol. The minimum atomic E-state index is -3.90. The molecule has 1 aromatic carbocycles. The number of halogens is 1. The number of hydrogen-bond donors (Lipinski definition) is 0. The van der Waals surface area contributed by atoms with E-state index in [9.17, 15) is 13.2 Å². The number of rotatable bonds is 4. The van der Waals surface area contributed by atoms with Crippen molar-refractivity contribution in [1.29, 1.82) is 0 Å². The summed E-state index contributed by atoms with van der Waals surface area (Å²) in [4.78, 5) is 11.7. The molecule has 0 spiro atoms. The molecule has 0 radical (unpaired) electrons. The van der Waals surface area contributed by atoms with E-state index < -0.39 is 16.0 Å². The third-order valence-electron chi connectivity index (χ3n) is 4.59. The Morgan fingerprint density at radius 1 is 1.31 bits per heavy atom. The molecule has 0 bridgehead atoms. The second kappa shape index (κ2) is 7.38. The summed E-state index contributed by atoms with van der Waals surface area (Å²) in [5.74, 6) is -0.611. The molecule has 26 heavy (non-hydrogen) atoms. The highest BCUT2D eigenvalue weighted by Crippen LogP contribution is 2.37. The van der Waals surface area contributed by atoms with Crippen LogP contribution in [0.5, 0.6) is 0 Å². The Hall–Kier alpha value is -1.90. The number of carbonyl (C=O) groups is 1. The molecule has 9 heteroatoms. The average Bonchev–Trinajstić information content (AvgIpc) is 3.07. The molecule has 1 aromatic heterocycles. The topological polar surface area (TPSA) is 81.5 Å². The Morgan fingerprint density at radius 3 is 2.73 bits per heavy atom. The standard InChI is InChI=1S/C17H20ClN3O4S/c1-20-14(8-9-19-20)15-5-3-4-10-21(15)26(23,24)16-11-12(17(22)25-2)6-7-13(16)18/h6-9,11,15H,3-5,10H2,1-2H3/t15-/m0/s1. The number of ether oxygens (including phenoxy) is 1. The summed E-state index contributed by atoms with van der Waals surface area (Å²) < 4.78 is 34.5. The number of methoxy groups -OCH3 is 1. The highest BCUT2D eigenvalue weighted by atomic mass is 35.5. The van der Waals surface area contributed by atoms with E-state index >= 15 is 0 Å². The first-order valence-electron chi connectivity index (χ1n) is 8.24. The van der Waals surface area contributed by atoms with Crippen molar-refractivity contribution in [3.05, 3.63) is 46.7 Å². The maximum Gasteiger partial charge on any atom is 0.337 e. The van der Waals surface area contributed by atoms with Gasteiger partial charge in [0, 0.05) is 19.8 Å². The van der Waals surface area contributed by atoms with E-state index in [0.29, 0.717) is 13.0 Å². The van der Waals surface area contributed by atoms with Gasteiger partial charge >= 0.3 is 5.97 Å². The average molecular weight is 398 g/mol. The first-order chi connectivity index (χ1) is 12.4. The Balaban J connectivity index is 2.06. The summed E-state index contributed by atoms with van der Waals surface area (Å²) in [7, 11) is -0.861. The van der Waals surface area contributed by atoms with E-state index in [2.05, 4.69) is 9.84 Å². The quantitative estimate of drug-likeness (QED) is 0.741. The predicted molar refractivity (Wildman–Crippen MR) is 96.5 cm³/mol. The van der Waals surface area contributed by atoms with Crippen molar-refractivity contribution in [2.24, 2.45) is 7.05 Å². The normalized spacial score (nSPS) is 18.7. The molecule has 1 fully saturated rings. The number of esters is 1. The number of benzene rings is 1. The van der Waals surface area contributed by atoms with Crippen LogP contribution in [0.4, 0.5) is 0 Å². The molecule has 0 N–H and O–H groups in total. The van der Waals surface area contributed by atoms with E-state index in [4.69, 9.17) is 11.6 Å². The Morgan fingerprint density at radius 2 is 2.08 bits per heavy atom. The summed E-state index contributed by atoms with van der Waals surface area (Å²) >= 11 is 6.18. The second-order valence-corrected chi connectivity index (χ2v) is 8.41. The van der Waals surface area contributed by atoms with Gasteiger partial charge in [-0.15, -0.1) is 0 Å². The van der Waals surface area contributed by atoms with Crippen LogP contribution in [0.3, 0.4) is 0 Å². The number of sulfonamides is 1. The molecule has 7 nitrogen and oxygen atoms in total. The van der Waals surface area contributed by atoms with Crippen molar-refractivity contribution < 1.29 is 17.9 Å². The number of piperidine rings is 1. The molecule has 140 valence electrons. The first-order valence-corrected chi connectivity index (χ1v) is 10.1. The number of hydrogen-bond acceptors (Lipinski definition) is 5. The van der Waals surface area contributed by atoms with Crippen molar-refractivity contribution in [2.45, 2.75) is 30.2 Å². The molecular formula is C17H20ClN3O4S. The minimum absolute atomic E-state index is 0.0759. The van der Waals surface area contributed by atoms with Crippen molar-refractivity contribution >= 4 is 27.6 Å². The van der Waals surface area contributed by atoms with Gasteiger partial charge in [0.25, 0.3) is 0 Å². The zero-order valence-corrected chi connectivity index (χ0v) is 16.1. The molecule has 0 aliphatic carbocycles. The largest absolute Gasteiger partial charge is 0.465 e. The summed E-state index contributed by atoms with van der Waals surface area (Å²) in [5, 5.41) is 4.23. The van der Waals surface area contributed by atoms with E-state index in [1.54, 1.807) is 17.9 Å². The minimum Gasteiger partial charge on any atom is -0.465 e. The molecule has 1 saturated heterocycles. The van der Waals surface area contributed by atoms with Crippen LogP contribution in [-0.4, -0.2) is 42.1 Å². The van der Waals surface area contributed by atoms with Crippen LogP contribution in [0.1, 0.15) is 41.4 Å². The van der Waals surface area contributed by atoms with Gasteiger partial charge in [-0.1, -0.05) is 18.0 Å². The van der Waals surface area contributed by atoms with Crippen LogP contribution in [-0.2, 0) is 21.8 Å². The van der Waals surface area contributed by atoms with Crippen LogP contribution in [0, 0.1) is 0 Å². The van der Waals surface area contributed by atoms with Gasteiger partial charge in [0.15, 0.2) is 0 Å². The lowest BCUT2D eigenvalue weighted by Gasteiger charge is -2.34. The highest BCUT2D eigenvalue weighted by Gasteiger charge is 2.37. The number of aryl methyl sites for hydroxylation is 1. The lowest BCUT2D eigenvalue weighted by molar-refractivity contribution is 0.0600. The lowest BCUT2D eigenvalue weighted by Crippen LogP contribution is -2.39. The SMILES string of the molecule is COC(=O)c1ccc(Cl)c(S(=O)(=O)N2CCCC[C@H]2c2ccnn2C)c1. The maximum absolute atomic E-state index is 13.3. The fraction of sp³-hybridized carbons (Fsp3) is 0.412. The number of carbonyl (C=O) groups excluding carboxylic acids is 1. The van der Waals surface area contributed by atoms with E-state index in [-0.39, 0.29) is 21.5 Å². The van der Waals surface area contributed by atoms with E-state index in [1.807, 2.05) is 6.07 Å². The Kier molecular flexibility index (Phi) is 5.36. The van der Waals surface area contributed by atoms with Crippen molar-refractivity contribution in [1.82, 2.24) is 14.1 Å². The van der Waals surface area contributed by atoms with Gasteiger partial charge in [0.2, 0.25) is 10.0 Å². The van der Waals surface area contributed by atoms with Gasteiger partial charge in [-0.2, -0.15) is 9.40 Å². The first kappa shape index (κ1) is 18.9. The van der Waals surface area contributed by atoms with Crippen molar-refractivity contribution in [2.75, 3.05) is 13.7 Å². The highest BCUT2D eigenvalue weighted by molar-refractivity contribution is 7.89. The van der Waals surface area contributed by atoms with Crippen LogP contribution in [0.25, 0.3) is 0 Å². The summed E-state index contributed by atoms with van der Waals surface area (Å²) in [5.41, 5.74) is 0.970. The molecule has 1 aliphatic rings. The number of nitrogens with zero attached hydrogens (tertiary/aromatic N) is 3. The molecule has 1 aliphatic heterocycles. The van der Waals surface area contributed by atoms with Crippen molar-refractivity contribution in [3.8, 4) is 0 Å². The molecule has 2 aromatic rings. The zero-order valence-electron chi connectivity index (χ0n) is 14.6. The summed E-state index contributed by atoms with van der Waals surface area (Å²) in [6.07, 6.45) is 4.05. The molecule has 3 rings (SSSR count). The van der Waals surface area contributed by atoms with Crippen LogP contribution >= 0.6 is 11.6 Å². The van der Waals surface area contributed by atoms with Crippen LogP contribution < -0.4 is 0 Å². The van der Waals surface area contributed by atoms with Gasteiger partial charge < -0.3 is 4.74 Å². The van der Waals surface area contributed by atoms with E-state index in [0.717, 1.165) is 18.5 Å². The second-order valence-electron chi connectivity index (χ2n) is 6.14. The van der Waals surface area contributed by atoms with Gasteiger partial charge in [-0.05, 0) is 37.1 Å². The molecule has 1 atom stereocenters. The van der Waals surface area contributed by atoms with Crippen molar-refractivity contribution in [3.63, 3.8) is 0 Å². The third kappa shape index (κ3) is 3.36. The van der Waals surface area contributed by atoms with Gasteiger partial charge in [-0.25, -0.2) is 13.2 Å². The van der Waals surface area contributed by atoms with E-state index in [1.165, 1.54) is 29.6 Å². The Labute approximate surface area is 157 Å². The lowest BCUT2D eigenvalue weighted by atomic mass is 10.0. The Bertz CT molecular complexity index is 926. The van der Waals surface area contributed by atoms with Gasteiger partial charge in [0.1, 0.15) is 4.90 Å². The summed E-state index contributed by atoms with van der Waals surface area (Å²) in [6, 6.07) is 5.63. The summed E-state index contributed by atoms with van der Waals surface area (Å²) in [6.45, 7) is 0.386.